The Morgan fingerprint density at radius 1 is 1.05 bits per heavy atom. The average Bonchev–Trinajstić information content (AvgIpc) is 2.39. The number of carbonyl (C=O) groups excluding carboxylic acids is 2. The predicted octanol–water partition coefficient (Wildman–Crippen LogP) is -1.14. The van der Waals surface area contributed by atoms with E-state index in [1.54, 1.807) is 0 Å². The van der Waals surface area contributed by atoms with E-state index in [0.29, 0.717) is 0 Å². The molecule has 20 heavy (non-hydrogen) atoms. The maximum absolute atomic E-state index is 11.0. The number of aliphatic hydroxyl groups excluding tert-OH is 2. The van der Waals surface area contributed by atoms with Crippen LogP contribution in [-0.4, -0.2) is 74.0 Å². The second kappa shape index (κ2) is 9.65. The molecule has 0 aromatic rings. The minimum absolute atomic E-state index is 0.300. The number of hydrogen-bond donors (Lipinski definition) is 2. The highest BCUT2D eigenvalue weighted by Crippen LogP contribution is 2.15. The SMILES string of the molecule is CO[C@@H]([C@H](OC)[C@@H](O)COC(C)=O)[C@H](CO)OC(C)=O. The molecule has 0 saturated heterocycles. The fourth-order valence-corrected chi connectivity index (χ4v) is 1.73. The molecule has 0 radical (unpaired) electrons. The molecule has 0 aromatic carbocycles. The van der Waals surface area contributed by atoms with Gasteiger partial charge in [0.2, 0.25) is 0 Å². The fraction of sp³-hybridized carbons (Fsp3) is 0.833. The van der Waals surface area contributed by atoms with Gasteiger partial charge in [-0.15, -0.1) is 0 Å². The van der Waals surface area contributed by atoms with Crippen molar-refractivity contribution in [2.75, 3.05) is 27.4 Å². The molecule has 0 heterocycles. The standard InChI is InChI=1S/C12H22O8/c1-7(14)19-6-9(16)11(17-3)12(18-4)10(5-13)20-8(2)15/h9-13,16H,5-6H2,1-4H3/t9-,10-,11+,12+/m0/s1. The molecule has 0 amide bonds. The normalized spacial score (nSPS) is 16.9. The van der Waals surface area contributed by atoms with Crippen molar-refractivity contribution in [2.24, 2.45) is 0 Å². The van der Waals surface area contributed by atoms with Gasteiger partial charge < -0.3 is 29.2 Å². The quantitative estimate of drug-likeness (QED) is 0.514. The third kappa shape index (κ3) is 6.29. The van der Waals surface area contributed by atoms with E-state index in [9.17, 15) is 19.8 Å². The Labute approximate surface area is 117 Å². The highest BCUT2D eigenvalue weighted by Gasteiger charge is 2.36. The van der Waals surface area contributed by atoms with Crippen LogP contribution in [0.2, 0.25) is 0 Å². The van der Waals surface area contributed by atoms with Gasteiger partial charge in [-0.1, -0.05) is 0 Å². The van der Waals surface area contributed by atoms with E-state index >= 15 is 0 Å². The number of methoxy groups -OCH3 is 2. The number of ether oxygens (including phenoxy) is 4. The van der Waals surface area contributed by atoms with Crippen LogP contribution in [0.25, 0.3) is 0 Å². The summed E-state index contributed by atoms with van der Waals surface area (Å²) in [5.41, 5.74) is 0. The summed E-state index contributed by atoms with van der Waals surface area (Å²) in [6, 6.07) is 0. The summed E-state index contributed by atoms with van der Waals surface area (Å²) in [4.78, 5) is 21.7. The molecule has 0 bridgehead atoms. The molecular weight excluding hydrogens is 272 g/mol. The Balaban J connectivity index is 4.84. The Hall–Kier alpha value is -1.22. The van der Waals surface area contributed by atoms with Gasteiger partial charge in [0.15, 0.2) is 6.10 Å². The maximum Gasteiger partial charge on any atom is 0.303 e. The molecular formula is C12H22O8. The minimum Gasteiger partial charge on any atom is -0.463 e. The van der Waals surface area contributed by atoms with Crippen molar-refractivity contribution in [1.29, 1.82) is 0 Å². The van der Waals surface area contributed by atoms with Gasteiger partial charge in [0.1, 0.15) is 24.9 Å². The zero-order valence-corrected chi connectivity index (χ0v) is 12.1. The van der Waals surface area contributed by atoms with Gasteiger partial charge >= 0.3 is 11.9 Å². The summed E-state index contributed by atoms with van der Waals surface area (Å²) in [6.07, 6.45) is -4.07. The molecule has 0 aromatic heterocycles. The van der Waals surface area contributed by atoms with Crippen LogP contribution < -0.4 is 0 Å². The topological polar surface area (TPSA) is 112 Å². The Bertz CT molecular complexity index is 306. The first-order chi connectivity index (χ1) is 9.37. The summed E-state index contributed by atoms with van der Waals surface area (Å²) >= 11 is 0. The van der Waals surface area contributed by atoms with Gasteiger partial charge in [-0.05, 0) is 0 Å². The first-order valence-corrected chi connectivity index (χ1v) is 6.02. The third-order valence-electron chi connectivity index (χ3n) is 2.57. The molecule has 0 saturated carbocycles. The zero-order valence-electron chi connectivity index (χ0n) is 12.1. The summed E-state index contributed by atoms with van der Waals surface area (Å²) in [5.74, 6) is -1.15. The lowest BCUT2D eigenvalue weighted by molar-refractivity contribution is -0.180. The molecule has 8 nitrogen and oxygen atoms in total. The van der Waals surface area contributed by atoms with Crippen molar-refractivity contribution >= 4 is 11.9 Å². The van der Waals surface area contributed by atoms with Crippen LogP contribution in [0.5, 0.6) is 0 Å². The van der Waals surface area contributed by atoms with E-state index in [0.717, 1.165) is 0 Å². The van der Waals surface area contributed by atoms with Crippen molar-refractivity contribution in [3.8, 4) is 0 Å². The Morgan fingerprint density at radius 2 is 1.60 bits per heavy atom. The van der Waals surface area contributed by atoms with E-state index in [1.165, 1.54) is 28.1 Å². The molecule has 2 N–H and O–H groups in total. The van der Waals surface area contributed by atoms with Crippen LogP contribution in [0.4, 0.5) is 0 Å². The van der Waals surface area contributed by atoms with Gasteiger partial charge in [-0.2, -0.15) is 0 Å². The molecule has 4 atom stereocenters. The monoisotopic (exact) mass is 294 g/mol. The number of hydrogen-bond acceptors (Lipinski definition) is 8. The van der Waals surface area contributed by atoms with Crippen LogP contribution in [0.1, 0.15) is 13.8 Å². The molecule has 0 aliphatic carbocycles. The van der Waals surface area contributed by atoms with Crippen LogP contribution in [0.15, 0.2) is 0 Å². The molecule has 0 aliphatic heterocycles. The molecule has 0 fully saturated rings. The number of carbonyl (C=O) groups is 2. The minimum atomic E-state index is -1.20. The van der Waals surface area contributed by atoms with E-state index in [4.69, 9.17) is 14.2 Å². The second-order valence-electron chi connectivity index (χ2n) is 4.10. The number of rotatable bonds is 9. The third-order valence-corrected chi connectivity index (χ3v) is 2.57. The van der Waals surface area contributed by atoms with Gasteiger partial charge in [-0.25, -0.2) is 0 Å². The lowest BCUT2D eigenvalue weighted by atomic mass is 10.0. The van der Waals surface area contributed by atoms with E-state index < -0.39 is 43.0 Å². The average molecular weight is 294 g/mol. The highest BCUT2D eigenvalue weighted by molar-refractivity contribution is 5.66. The second-order valence-corrected chi connectivity index (χ2v) is 4.10. The van der Waals surface area contributed by atoms with Crippen LogP contribution in [-0.2, 0) is 28.5 Å². The molecule has 0 rings (SSSR count). The summed E-state index contributed by atoms with van der Waals surface area (Å²) in [7, 11) is 2.64. The molecule has 0 unspecified atom stereocenters. The highest BCUT2D eigenvalue weighted by atomic mass is 16.6. The Kier molecular flexibility index (Phi) is 9.06. The Morgan fingerprint density at radius 3 is 1.95 bits per heavy atom. The van der Waals surface area contributed by atoms with Crippen molar-refractivity contribution in [2.45, 2.75) is 38.3 Å². The molecule has 0 spiro atoms. The van der Waals surface area contributed by atoms with Crippen LogP contribution >= 0.6 is 0 Å². The molecule has 118 valence electrons. The first kappa shape index (κ1) is 18.8. The van der Waals surface area contributed by atoms with Crippen LogP contribution in [0, 0.1) is 0 Å². The largest absolute Gasteiger partial charge is 0.463 e. The first-order valence-electron chi connectivity index (χ1n) is 6.02. The van der Waals surface area contributed by atoms with Crippen molar-refractivity contribution in [3.05, 3.63) is 0 Å². The maximum atomic E-state index is 11.0. The van der Waals surface area contributed by atoms with E-state index in [2.05, 4.69) is 4.74 Å². The van der Waals surface area contributed by atoms with Gasteiger partial charge in [0, 0.05) is 28.1 Å². The smallest absolute Gasteiger partial charge is 0.303 e. The van der Waals surface area contributed by atoms with Crippen molar-refractivity contribution < 1.29 is 38.7 Å². The zero-order chi connectivity index (χ0) is 15.7. The van der Waals surface area contributed by atoms with E-state index in [1.807, 2.05) is 0 Å². The number of esters is 2. The summed E-state index contributed by atoms with van der Waals surface area (Å²) in [6.45, 7) is 1.59. The summed E-state index contributed by atoms with van der Waals surface area (Å²) < 4.78 is 19.8. The molecule has 8 heteroatoms. The van der Waals surface area contributed by atoms with Crippen molar-refractivity contribution in [3.63, 3.8) is 0 Å². The van der Waals surface area contributed by atoms with Gasteiger partial charge in [0.05, 0.1) is 6.61 Å². The summed E-state index contributed by atoms with van der Waals surface area (Å²) in [5, 5.41) is 19.2. The lowest BCUT2D eigenvalue weighted by Gasteiger charge is -2.32. The number of aliphatic hydroxyl groups is 2. The molecule has 0 aliphatic rings. The van der Waals surface area contributed by atoms with Gasteiger partial charge in [-0.3, -0.25) is 9.59 Å². The van der Waals surface area contributed by atoms with Crippen molar-refractivity contribution in [1.82, 2.24) is 0 Å². The van der Waals surface area contributed by atoms with E-state index in [-0.39, 0.29) is 6.61 Å². The van der Waals surface area contributed by atoms with Crippen LogP contribution in [0.3, 0.4) is 0 Å². The van der Waals surface area contributed by atoms with Gasteiger partial charge in [0.25, 0.3) is 0 Å². The lowest BCUT2D eigenvalue weighted by Crippen LogP contribution is -2.51. The fourth-order valence-electron chi connectivity index (χ4n) is 1.73. The predicted molar refractivity (Wildman–Crippen MR) is 66.9 cm³/mol.